The Labute approximate surface area is 146 Å². The van der Waals surface area contributed by atoms with Crippen LogP contribution in [0, 0.1) is 0 Å². The second kappa shape index (κ2) is 7.88. The molecule has 2 aromatic heterocycles. The van der Waals surface area contributed by atoms with E-state index in [2.05, 4.69) is 15.5 Å². The first-order chi connectivity index (χ1) is 11.6. The van der Waals surface area contributed by atoms with E-state index in [4.69, 9.17) is 4.42 Å². The first-order valence-corrected chi connectivity index (χ1v) is 9.43. The van der Waals surface area contributed by atoms with Gasteiger partial charge in [-0.25, -0.2) is 0 Å². The van der Waals surface area contributed by atoms with Crippen molar-refractivity contribution in [1.29, 1.82) is 0 Å². The molecule has 0 unspecified atom stereocenters. The lowest BCUT2D eigenvalue weighted by molar-refractivity contribution is -0.121. The zero-order chi connectivity index (χ0) is 16.9. The molecule has 0 spiro atoms. The maximum atomic E-state index is 12.5. The van der Waals surface area contributed by atoms with Crippen LogP contribution in [0.3, 0.4) is 0 Å². The Kier molecular flexibility index (Phi) is 5.60. The van der Waals surface area contributed by atoms with Gasteiger partial charge in [-0.05, 0) is 31.9 Å². The minimum atomic E-state index is -0.208. The fourth-order valence-corrected chi connectivity index (χ4v) is 3.82. The highest BCUT2D eigenvalue weighted by Crippen LogP contribution is 2.26. The molecule has 0 saturated heterocycles. The van der Waals surface area contributed by atoms with Gasteiger partial charge in [-0.3, -0.25) is 4.79 Å². The quantitative estimate of drug-likeness (QED) is 0.662. The molecule has 7 heteroatoms. The number of nitrogens with one attached hydrogen (secondary N) is 1. The first kappa shape index (κ1) is 17.1. The standard InChI is InChI=1S/C17H24N4O2S/c1-12(16(22)18-13-8-5-3-4-6-9-13)24-17-20-19-15(21(17)2)14-10-7-11-23-14/h7,10-13H,3-6,8-9H2,1-2H3,(H,18,22)/t12-/m1/s1. The zero-order valence-electron chi connectivity index (χ0n) is 14.2. The van der Waals surface area contributed by atoms with E-state index in [0.717, 1.165) is 12.8 Å². The molecule has 2 heterocycles. The van der Waals surface area contributed by atoms with E-state index >= 15 is 0 Å². The summed E-state index contributed by atoms with van der Waals surface area (Å²) in [6.45, 7) is 1.91. The largest absolute Gasteiger partial charge is 0.461 e. The number of nitrogens with zero attached hydrogens (tertiary/aromatic N) is 3. The summed E-state index contributed by atoms with van der Waals surface area (Å²) in [5.41, 5.74) is 0. The van der Waals surface area contributed by atoms with Gasteiger partial charge in [-0.15, -0.1) is 10.2 Å². The smallest absolute Gasteiger partial charge is 0.233 e. The number of hydrogen-bond acceptors (Lipinski definition) is 5. The fourth-order valence-electron chi connectivity index (χ4n) is 2.99. The van der Waals surface area contributed by atoms with Crippen molar-refractivity contribution in [3.05, 3.63) is 18.4 Å². The molecule has 6 nitrogen and oxygen atoms in total. The maximum absolute atomic E-state index is 12.5. The monoisotopic (exact) mass is 348 g/mol. The Morgan fingerprint density at radius 2 is 2.08 bits per heavy atom. The predicted molar refractivity (Wildman–Crippen MR) is 93.7 cm³/mol. The number of aromatic nitrogens is 3. The summed E-state index contributed by atoms with van der Waals surface area (Å²) in [5, 5.41) is 12.1. The van der Waals surface area contributed by atoms with Crippen LogP contribution >= 0.6 is 11.8 Å². The van der Waals surface area contributed by atoms with Crippen LogP contribution in [-0.2, 0) is 11.8 Å². The summed E-state index contributed by atoms with van der Waals surface area (Å²) < 4.78 is 7.23. The normalized spacial score (nSPS) is 17.4. The molecule has 0 bridgehead atoms. The molecule has 2 aromatic rings. The van der Waals surface area contributed by atoms with Crippen molar-refractivity contribution in [2.75, 3.05) is 0 Å². The highest BCUT2D eigenvalue weighted by molar-refractivity contribution is 8.00. The molecule has 1 saturated carbocycles. The van der Waals surface area contributed by atoms with Gasteiger partial charge in [-0.2, -0.15) is 0 Å². The van der Waals surface area contributed by atoms with Crippen molar-refractivity contribution in [2.24, 2.45) is 7.05 Å². The van der Waals surface area contributed by atoms with Crippen LogP contribution in [0.1, 0.15) is 45.4 Å². The van der Waals surface area contributed by atoms with Gasteiger partial charge < -0.3 is 14.3 Å². The van der Waals surface area contributed by atoms with Gasteiger partial charge in [0.25, 0.3) is 0 Å². The third-order valence-corrected chi connectivity index (χ3v) is 5.56. The van der Waals surface area contributed by atoms with Crippen LogP contribution in [0.15, 0.2) is 28.0 Å². The van der Waals surface area contributed by atoms with Gasteiger partial charge in [0, 0.05) is 13.1 Å². The minimum Gasteiger partial charge on any atom is -0.461 e. The van der Waals surface area contributed by atoms with Crippen molar-refractivity contribution >= 4 is 17.7 Å². The van der Waals surface area contributed by atoms with Crippen LogP contribution in [0.2, 0.25) is 0 Å². The van der Waals surface area contributed by atoms with Crippen LogP contribution in [0.25, 0.3) is 11.6 Å². The summed E-state index contributed by atoms with van der Waals surface area (Å²) in [6, 6.07) is 3.99. The highest BCUT2D eigenvalue weighted by Gasteiger charge is 2.22. The highest BCUT2D eigenvalue weighted by atomic mass is 32.2. The molecule has 0 aliphatic heterocycles. The summed E-state index contributed by atoms with van der Waals surface area (Å²) in [4.78, 5) is 12.5. The Morgan fingerprint density at radius 1 is 1.33 bits per heavy atom. The van der Waals surface area contributed by atoms with Crippen molar-refractivity contribution in [3.8, 4) is 11.6 Å². The average molecular weight is 348 g/mol. The Balaban J connectivity index is 1.60. The first-order valence-electron chi connectivity index (χ1n) is 8.55. The average Bonchev–Trinajstić information content (AvgIpc) is 3.13. The molecule has 3 rings (SSSR count). The second-order valence-corrected chi connectivity index (χ2v) is 7.61. The number of hydrogen-bond donors (Lipinski definition) is 1. The van der Waals surface area contributed by atoms with E-state index in [0.29, 0.717) is 22.8 Å². The maximum Gasteiger partial charge on any atom is 0.233 e. The van der Waals surface area contributed by atoms with Gasteiger partial charge in [0.15, 0.2) is 16.7 Å². The number of furan rings is 1. The van der Waals surface area contributed by atoms with E-state index in [1.54, 1.807) is 6.26 Å². The number of rotatable bonds is 5. The summed E-state index contributed by atoms with van der Waals surface area (Å²) in [5.74, 6) is 1.42. The fraction of sp³-hybridized carbons (Fsp3) is 0.588. The number of carbonyl (C=O) groups excluding carboxylic acids is 1. The van der Waals surface area contributed by atoms with Crippen LogP contribution < -0.4 is 5.32 Å². The van der Waals surface area contributed by atoms with Crippen molar-refractivity contribution in [3.63, 3.8) is 0 Å². The molecule has 1 atom stereocenters. The van der Waals surface area contributed by atoms with Gasteiger partial charge in [0.05, 0.1) is 11.5 Å². The van der Waals surface area contributed by atoms with E-state index in [1.165, 1.54) is 37.4 Å². The third-order valence-electron chi connectivity index (χ3n) is 4.43. The Morgan fingerprint density at radius 3 is 2.75 bits per heavy atom. The molecule has 1 aliphatic carbocycles. The van der Waals surface area contributed by atoms with Crippen LogP contribution in [-0.4, -0.2) is 32.0 Å². The van der Waals surface area contributed by atoms with E-state index in [-0.39, 0.29) is 11.2 Å². The molecule has 1 amide bonds. The SMILES string of the molecule is C[C@@H](Sc1nnc(-c2ccco2)n1C)C(=O)NC1CCCCCC1. The second-order valence-electron chi connectivity index (χ2n) is 6.30. The van der Waals surface area contributed by atoms with E-state index < -0.39 is 0 Å². The third kappa shape index (κ3) is 4.01. The van der Waals surface area contributed by atoms with E-state index in [9.17, 15) is 4.79 Å². The van der Waals surface area contributed by atoms with Crippen molar-refractivity contribution in [1.82, 2.24) is 20.1 Å². The molecule has 0 radical (unpaired) electrons. The lowest BCUT2D eigenvalue weighted by atomic mass is 10.1. The molecule has 1 N–H and O–H groups in total. The molecule has 130 valence electrons. The van der Waals surface area contributed by atoms with Crippen molar-refractivity contribution in [2.45, 2.75) is 61.9 Å². The lowest BCUT2D eigenvalue weighted by Crippen LogP contribution is -2.39. The molecule has 1 fully saturated rings. The minimum absolute atomic E-state index is 0.0782. The number of thioether (sulfide) groups is 1. The van der Waals surface area contributed by atoms with Gasteiger partial charge >= 0.3 is 0 Å². The predicted octanol–water partition coefficient (Wildman–Crippen LogP) is 3.39. The molecule has 0 aromatic carbocycles. The topological polar surface area (TPSA) is 73.0 Å². The van der Waals surface area contributed by atoms with Crippen LogP contribution in [0.5, 0.6) is 0 Å². The van der Waals surface area contributed by atoms with E-state index in [1.807, 2.05) is 30.7 Å². The number of amides is 1. The Hall–Kier alpha value is -1.76. The van der Waals surface area contributed by atoms with Gasteiger partial charge in [0.2, 0.25) is 5.91 Å². The number of carbonyl (C=O) groups is 1. The van der Waals surface area contributed by atoms with Crippen molar-refractivity contribution < 1.29 is 9.21 Å². The molecular weight excluding hydrogens is 324 g/mol. The Bertz CT molecular complexity index is 660. The summed E-state index contributed by atoms with van der Waals surface area (Å²) in [6.07, 6.45) is 8.78. The zero-order valence-corrected chi connectivity index (χ0v) is 15.0. The molecule has 1 aliphatic rings. The summed E-state index contributed by atoms with van der Waals surface area (Å²) in [7, 11) is 1.89. The summed E-state index contributed by atoms with van der Waals surface area (Å²) >= 11 is 1.43. The molecular formula is C17H24N4O2S. The molecule has 24 heavy (non-hydrogen) atoms. The van der Waals surface area contributed by atoms with Crippen LogP contribution in [0.4, 0.5) is 0 Å². The lowest BCUT2D eigenvalue weighted by Gasteiger charge is -2.19. The van der Waals surface area contributed by atoms with Gasteiger partial charge in [-0.1, -0.05) is 37.4 Å². The van der Waals surface area contributed by atoms with Gasteiger partial charge in [0.1, 0.15) is 0 Å².